The van der Waals surface area contributed by atoms with E-state index in [0.717, 1.165) is 24.8 Å². The van der Waals surface area contributed by atoms with Gasteiger partial charge >= 0.3 is 5.97 Å². The number of hydrogen-bond acceptors (Lipinski definition) is 4. The lowest BCUT2D eigenvalue weighted by Crippen LogP contribution is -2.00. The number of esters is 1. The zero-order valence-corrected chi connectivity index (χ0v) is 17.6. The van der Waals surface area contributed by atoms with E-state index in [4.69, 9.17) is 9.47 Å². The van der Waals surface area contributed by atoms with Crippen LogP contribution in [0.5, 0.6) is 11.5 Å². The second-order valence-corrected chi connectivity index (χ2v) is 7.02. The highest BCUT2D eigenvalue weighted by Crippen LogP contribution is 2.26. The average Bonchev–Trinajstić information content (AvgIpc) is 2.65. The number of carbonyl (C=O) groups excluding carboxylic acids is 1. The molecule has 0 saturated carbocycles. The van der Waals surface area contributed by atoms with Gasteiger partial charge in [-0.05, 0) is 76.8 Å². The average molecular weight is 385 g/mol. The molecule has 0 amide bonds. The predicted octanol–water partition coefficient (Wildman–Crippen LogP) is 5.99. The van der Waals surface area contributed by atoms with Gasteiger partial charge < -0.3 is 14.6 Å². The fourth-order valence-electron chi connectivity index (χ4n) is 2.39. The number of aromatic hydroxyl groups is 1. The molecular formula is C24H32O4. The van der Waals surface area contributed by atoms with Gasteiger partial charge in [0.2, 0.25) is 0 Å². The lowest BCUT2D eigenvalue weighted by atomic mass is 10.1. The maximum Gasteiger partial charge on any atom is 0.331 e. The number of hydrogen-bond donors (Lipinski definition) is 1. The Morgan fingerprint density at radius 2 is 1.82 bits per heavy atom. The summed E-state index contributed by atoms with van der Waals surface area (Å²) in [6, 6.07) is 4.86. The normalized spacial score (nSPS) is 12.2. The van der Waals surface area contributed by atoms with E-state index < -0.39 is 5.97 Å². The Morgan fingerprint density at radius 1 is 1.07 bits per heavy atom. The third-order valence-corrected chi connectivity index (χ3v) is 4.14. The molecule has 1 rings (SSSR count). The van der Waals surface area contributed by atoms with E-state index in [1.807, 2.05) is 13.0 Å². The number of allylic oxidation sites excluding steroid dienone is 5. The predicted molar refractivity (Wildman–Crippen MR) is 115 cm³/mol. The number of benzene rings is 1. The molecule has 1 aromatic carbocycles. The number of methoxy groups -OCH3 is 1. The Kier molecular flexibility index (Phi) is 10.5. The third kappa shape index (κ3) is 9.81. The van der Waals surface area contributed by atoms with Gasteiger partial charge in [0.15, 0.2) is 11.5 Å². The van der Waals surface area contributed by atoms with Gasteiger partial charge in [0.25, 0.3) is 0 Å². The molecule has 0 aliphatic heterocycles. The first kappa shape index (κ1) is 23.3. The summed E-state index contributed by atoms with van der Waals surface area (Å²) in [5.74, 6) is 0.00637. The molecule has 4 heteroatoms. The fraction of sp³-hybridized carbons (Fsp3) is 0.375. The molecule has 0 heterocycles. The maximum absolute atomic E-state index is 11.8. The van der Waals surface area contributed by atoms with Crippen LogP contribution < -0.4 is 4.74 Å². The van der Waals surface area contributed by atoms with Crippen molar-refractivity contribution in [3.05, 3.63) is 64.8 Å². The smallest absolute Gasteiger partial charge is 0.331 e. The highest BCUT2D eigenvalue weighted by Gasteiger charge is 2.01. The van der Waals surface area contributed by atoms with Crippen LogP contribution in [0.3, 0.4) is 0 Å². The number of rotatable bonds is 10. The van der Waals surface area contributed by atoms with Gasteiger partial charge in [-0.1, -0.05) is 34.9 Å². The summed E-state index contributed by atoms with van der Waals surface area (Å²) < 4.78 is 10.2. The molecule has 1 aromatic rings. The zero-order chi connectivity index (χ0) is 20.9. The SMILES string of the molecule is COc1cc(/C=C/C(=O)OC/C=C(\C)C/C=C(\C)CCC=C(C)C)ccc1O. The van der Waals surface area contributed by atoms with E-state index in [0.29, 0.717) is 5.75 Å². The Balaban J connectivity index is 2.42. The van der Waals surface area contributed by atoms with Gasteiger partial charge in [-0.2, -0.15) is 0 Å². The van der Waals surface area contributed by atoms with Crippen LogP contribution >= 0.6 is 0 Å². The van der Waals surface area contributed by atoms with Crippen LogP contribution in [0.4, 0.5) is 0 Å². The summed E-state index contributed by atoms with van der Waals surface area (Å²) in [4.78, 5) is 11.8. The fourth-order valence-corrected chi connectivity index (χ4v) is 2.39. The summed E-state index contributed by atoms with van der Waals surface area (Å²) in [7, 11) is 1.48. The van der Waals surface area contributed by atoms with Crippen molar-refractivity contribution in [1.29, 1.82) is 0 Å². The third-order valence-electron chi connectivity index (χ3n) is 4.14. The van der Waals surface area contributed by atoms with Gasteiger partial charge in [0.05, 0.1) is 7.11 Å². The van der Waals surface area contributed by atoms with Crippen LogP contribution in [0.15, 0.2) is 59.2 Å². The lowest BCUT2D eigenvalue weighted by Gasteiger charge is -2.04. The molecule has 0 aromatic heterocycles. The summed E-state index contributed by atoms with van der Waals surface area (Å²) in [6.07, 6.45) is 12.4. The second kappa shape index (κ2) is 12.6. The van der Waals surface area contributed by atoms with Crippen LogP contribution in [-0.2, 0) is 9.53 Å². The van der Waals surface area contributed by atoms with Crippen molar-refractivity contribution in [1.82, 2.24) is 0 Å². The van der Waals surface area contributed by atoms with E-state index in [9.17, 15) is 9.90 Å². The van der Waals surface area contributed by atoms with Crippen molar-refractivity contribution in [2.75, 3.05) is 13.7 Å². The van der Waals surface area contributed by atoms with Crippen LogP contribution in [0.25, 0.3) is 6.08 Å². The van der Waals surface area contributed by atoms with Gasteiger partial charge in [0.1, 0.15) is 6.61 Å². The number of carbonyl (C=O) groups is 1. The summed E-state index contributed by atoms with van der Waals surface area (Å²) in [5.41, 5.74) is 4.63. The molecule has 0 saturated heterocycles. The summed E-state index contributed by atoms with van der Waals surface area (Å²) in [5, 5.41) is 9.57. The minimum atomic E-state index is -0.412. The van der Waals surface area contributed by atoms with Crippen molar-refractivity contribution in [2.45, 2.75) is 47.0 Å². The van der Waals surface area contributed by atoms with Crippen molar-refractivity contribution in [3.63, 3.8) is 0 Å². The maximum atomic E-state index is 11.8. The van der Waals surface area contributed by atoms with E-state index in [-0.39, 0.29) is 12.4 Å². The molecule has 0 unspecified atom stereocenters. The van der Waals surface area contributed by atoms with Gasteiger partial charge in [-0.3, -0.25) is 0 Å². The number of ether oxygens (including phenoxy) is 2. The molecule has 0 spiro atoms. The molecule has 152 valence electrons. The molecule has 0 aliphatic carbocycles. The lowest BCUT2D eigenvalue weighted by molar-refractivity contribution is -0.136. The van der Waals surface area contributed by atoms with Crippen molar-refractivity contribution >= 4 is 12.0 Å². The van der Waals surface area contributed by atoms with Gasteiger partial charge in [-0.25, -0.2) is 4.79 Å². The van der Waals surface area contributed by atoms with E-state index in [2.05, 4.69) is 32.9 Å². The standard InChI is InChI=1S/C24H32O4/c1-18(2)7-6-8-19(3)9-10-20(4)15-16-28-24(26)14-12-21-11-13-22(25)23(17-21)27-5/h7,9,11-15,17,25H,6,8,10,16H2,1-5H3/b14-12+,19-9+,20-15+. The quantitative estimate of drug-likeness (QED) is 0.306. The first-order valence-corrected chi connectivity index (χ1v) is 9.48. The monoisotopic (exact) mass is 384 g/mol. The van der Waals surface area contributed by atoms with Gasteiger partial charge in [-0.15, -0.1) is 0 Å². The molecule has 1 N–H and O–H groups in total. The van der Waals surface area contributed by atoms with Crippen LogP contribution in [0, 0.1) is 0 Å². The molecule has 0 atom stereocenters. The number of phenolic OH excluding ortho intramolecular Hbond substituents is 1. The van der Waals surface area contributed by atoms with Crippen molar-refractivity contribution in [3.8, 4) is 11.5 Å². The summed E-state index contributed by atoms with van der Waals surface area (Å²) >= 11 is 0. The highest BCUT2D eigenvalue weighted by molar-refractivity contribution is 5.87. The van der Waals surface area contributed by atoms with Crippen LogP contribution in [-0.4, -0.2) is 24.8 Å². The number of phenols is 1. The van der Waals surface area contributed by atoms with E-state index >= 15 is 0 Å². The molecule has 0 fully saturated rings. The zero-order valence-electron chi connectivity index (χ0n) is 17.6. The Morgan fingerprint density at radius 3 is 2.50 bits per heavy atom. The van der Waals surface area contributed by atoms with Crippen LogP contribution in [0.2, 0.25) is 0 Å². The topological polar surface area (TPSA) is 55.8 Å². The molecular weight excluding hydrogens is 352 g/mol. The van der Waals surface area contributed by atoms with Gasteiger partial charge in [0, 0.05) is 6.08 Å². The Bertz CT molecular complexity index is 763. The molecule has 0 radical (unpaired) electrons. The first-order chi connectivity index (χ1) is 13.3. The van der Waals surface area contributed by atoms with E-state index in [1.54, 1.807) is 18.2 Å². The Hall–Kier alpha value is -2.75. The van der Waals surface area contributed by atoms with E-state index in [1.165, 1.54) is 36.0 Å². The summed E-state index contributed by atoms with van der Waals surface area (Å²) in [6.45, 7) is 8.66. The Labute approximate surface area is 168 Å². The molecule has 0 aliphatic rings. The highest BCUT2D eigenvalue weighted by atomic mass is 16.5. The minimum Gasteiger partial charge on any atom is -0.504 e. The second-order valence-electron chi connectivity index (χ2n) is 7.02. The largest absolute Gasteiger partial charge is 0.504 e. The molecule has 28 heavy (non-hydrogen) atoms. The minimum absolute atomic E-state index is 0.0593. The first-order valence-electron chi connectivity index (χ1n) is 9.48. The van der Waals surface area contributed by atoms with Crippen molar-refractivity contribution < 1.29 is 19.4 Å². The molecule has 4 nitrogen and oxygen atoms in total. The van der Waals surface area contributed by atoms with Crippen molar-refractivity contribution in [2.24, 2.45) is 0 Å². The van der Waals surface area contributed by atoms with Crippen LogP contribution in [0.1, 0.15) is 52.5 Å². The molecule has 0 bridgehead atoms.